The average molecular weight is 180 g/mol. The smallest absolute Gasteiger partial charge is 0.304 e. The first-order chi connectivity index (χ1) is 6.09. The maximum absolute atomic E-state index is 10.6. The summed E-state index contributed by atoms with van der Waals surface area (Å²) < 4.78 is 4.77. The number of ether oxygens (including phenoxy) is 1. The van der Waals surface area contributed by atoms with Crippen LogP contribution in [-0.2, 0) is 9.53 Å². The third-order valence-corrected chi connectivity index (χ3v) is 1.56. The Balaban J connectivity index is 2.71. The minimum atomic E-state index is -0.710. The van der Waals surface area contributed by atoms with Crippen molar-refractivity contribution in [2.24, 2.45) is 5.73 Å². The van der Waals surface area contributed by atoms with E-state index in [4.69, 9.17) is 16.2 Å². The van der Waals surface area contributed by atoms with Crippen LogP contribution in [0.1, 0.15) is 18.7 Å². The summed E-state index contributed by atoms with van der Waals surface area (Å²) in [6.07, 6.45) is -0.710. The summed E-state index contributed by atoms with van der Waals surface area (Å²) in [6.45, 7) is 1.32. The first-order valence-electron chi connectivity index (χ1n) is 3.88. The zero-order chi connectivity index (χ0) is 9.84. The van der Waals surface area contributed by atoms with Crippen LogP contribution in [0.3, 0.4) is 0 Å². The fourth-order valence-corrected chi connectivity index (χ4v) is 0.933. The van der Waals surface area contributed by atoms with Gasteiger partial charge in [-0.1, -0.05) is 12.1 Å². The van der Waals surface area contributed by atoms with Gasteiger partial charge in [-0.3, -0.25) is 10.5 Å². The normalized spacial score (nSPS) is 12.2. The fourth-order valence-electron chi connectivity index (χ4n) is 0.933. The molecule has 0 fully saturated rings. The van der Waals surface area contributed by atoms with E-state index in [9.17, 15) is 4.79 Å². The highest BCUT2D eigenvalue weighted by Crippen LogP contribution is 2.13. The van der Waals surface area contributed by atoms with Crippen molar-refractivity contribution in [3.05, 3.63) is 29.8 Å². The molecule has 0 aromatic heterocycles. The Bertz CT molecular complexity index is 295. The molecule has 1 rings (SSSR count). The Morgan fingerprint density at radius 1 is 1.38 bits per heavy atom. The van der Waals surface area contributed by atoms with E-state index in [1.165, 1.54) is 6.92 Å². The molecule has 13 heavy (non-hydrogen) atoms. The van der Waals surface area contributed by atoms with Crippen molar-refractivity contribution in [2.75, 3.05) is 5.73 Å². The molecule has 0 saturated heterocycles. The van der Waals surface area contributed by atoms with Crippen molar-refractivity contribution >= 4 is 11.7 Å². The molecule has 0 spiro atoms. The molecule has 0 heterocycles. The van der Waals surface area contributed by atoms with Gasteiger partial charge in [0.1, 0.15) is 0 Å². The first-order valence-corrected chi connectivity index (χ1v) is 3.88. The lowest BCUT2D eigenvalue weighted by Crippen LogP contribution is -2.16. The number of carbonyl (C=O) groups excluding carboxylic acids is 1. The molecule has 1 unspecified atom stereocenters. The highest BCUT2D eigenvalue weighted by atomic mass is 16.5. The molecular formula is C9H12N2O2. The Kier molecular flexibility index (Phi) is 2.87. The van der Waals surface area contributed by atoms with E-state index < -0.39 is 12.2 Å². The van der Waals surface area contributed by atoms with Gasteiger partial charge in [0, 0.05) is 18.2 Å². The van der Waals surface area contributed by atoms with Gasteiger partial charge in [0.2, 0.25) is 0 Å². The molecule has 0 amide bonds. The third kappa shape index (κ3) is 2.76. The van der Waals surface area contributed by atoms with Crippen LogP contribution in [0.15, 0.2) is 24.3 Å². The Morgan fingerprint density at radius 2 is 1.92 bits per heavy atom. The number of benzene rings is 1. The van der Waals surface area contributed by atoms with Crippen molar-refractivity contribution in [1.29, 1.82) is 0 Å². The number of carbonyl (C=O) groups is 1. The summed E-state index contributed by atoms with van der Waals surface area (Å²) in [4.78, 5) is 10.6. The Hall–Kier alpha value is -1.55. The molecule has 70 valence electrons. The summed E-state index contributed by atoms with van der Waals surface area (Å²) in [5, 5.41) is 0. The summed E-state index contributed by atoms with van der Waals surface area (Å²) in [5.41, 5.74) is 12.4. The van der Waals surface area contributed by atoms with Crippen molar-refractivity contribution in [1.82, 2.24) is 0 Å². The summed E-state index contributed by atoms with van der Waals surface area (Å²) in [6, 6.07) is 6.86. The minimum absolute atomic E-state index is 0.399. The minimum Gasteiger partial charge on any atom is -0.443 e. The number of hydrogen-bond acceptors (Lipinski definition) is 4. The SMILES string of the molecule is CC(=O)OC(N)c1ccc(N)cc1. The van der Waals surface area contributed by atoms with Crippen molar-refractivity contribution in [3.63, 3.8) is 0 Å². The number of nitrogens with two attached hydrogens (primary N) is 2. The molecule has 0 radical (unpaired) electrons. The topological polar surface area (TPSA) is 78.3 Å². The number of hydrogen-bond donors (Lipinski definition) is 2. The largest absolute Gasteiger partial charge is 0.443 e. The molecule has 0 saturated carbocycles. The lowest BCUT2D eigenvalue weighted by molar-refractivity contribution is -0.146. The van der Waals surface area contributed by atoms with Crippen LogP contribution in [0.5, 0.6) is 0 Å². The Labute approximate surface area is 76.5 Å². The van der Waals surface area contributed by atoms with Crippen LogP contribution in [0.4, 0.5) is 5.69 Å². The van der Waals surface area contributed by atoms with Crippen molar-refractivity contribution < 1.29 is 9.53 Å². The van der Waals surface area contributed by atoms with E-state index in [2.05, 4.69) is 0 Å². The summed E-state index contributed by atoms with van der Waals surface area (Å²) in [7, 11) is 0. The molecule has 4 nitrogen and oxygen atoms in total. The van der Waals surface area contributed by atoms with Crippen LogP contribution >= 0.6 is 0 Å². The predicted molar refractivity (Wildman–Crippen MR) is 49.5 cm³/mol. The maximum Gasteiger partial charge on any atom is 0.304 e. The lowest BCUT2D eigenvalue weighted by Gasteiger charge is -2.11. The fraction of sp³-hybridized carbons (Fsp3) is 0.222. The second-order valence-corrected chi connectivity index (χ2v) is 2.70. The number of esters is 1. The Morgan fingerprint density at radius 3 is 2.38 bits per heavy atom. The second kappa shape index (κ2) is 3.91. The molecule has 0 bridgehead atoms. The zero-order valence-electron chi connectivity index (χ0n) is 7.36. The highest BCUT2D eigenvalue weighted by Gasteiger charge is 2.07. The quantitative estimate of drug-likeness (QED) is 0.400. The average Bonchev–Trinajstić information content (AvgIpc) is 2.04. The van der Waals surface area contributed by atoms with Gasteiger partial charge in [0.15, 0.2) is 6.23 Å². The van der Waals surface area contributed by atoms with E-state index in [-0.39, 0.29) is 0 Å². The number of nitrogen functional groups attached to an aromatic ring is 1. The van der Waals surface area contributed by atoms with Gasteiger partial charge >= 0.3 is 5.97 Å². The maximum atomic E-state index is 10.6. The first kappa shape index (κ1) is 9.54. The molecule has 1 atom stereocenters. The highest BCUT2D eigenvalue weighted by molar-refractivity contribution is 5.66. The molecule has 4 N–H and O–H groups in total. The number of anilines is 1. The van der Waals surface area contributed by atoms with Crippen LogP contribution in [-0.4, -0.2) is 5.97 Å². The van der Waals surface area contributed by atoms with Gasteiger partial charge in [0.05, 0.1) is 0 Å². The van der Waals surface area contributed by atoms with Crippen LogP contribution in [0.2, 0.25) is 0 Å². The van der Waals surface area contributed by atoms with E-state index in [0.29, 0.717) is 5.69 Å². The van der Waals surface area contributed by atoms with Gasteiger partial charge < -0.3 is 10.5 Å². The number of rotatable bonds is 2. The van der Waals surface area contributed by atoms with Gasteiger partial charge in [-0.05, 0) is 12.1 Å². The van der Waals surface area contributed by atoms with Crippen molar-refractivity contribution in [3.8, 4) is 0 Å². The van der Waals surface area contributed by atoms with E-state index in [1.54, 1.807) is 24.3 Å². The molecular weight excluding hydrogens is 168 g/mol. The van der Waals surface area contributed by atoms with Crippen LogP contribution in [0, 0.1) is 0 Å². The van der Waals surface area contributed by atoms with Gasteiger partial charge in [-0.2, -0.15) is 0 Å². The lowest BCUT2D eigenvalue weighted by atomic mass is 10.2. The summed E-state index contributed by atoms with van der Waals surface area (Å²) >= 11 is 0. The van der Waals surface area contributed by atoms with Gasteiger partial charge in [-0.25, -0.2) is 0 Å². The molecule has 1 aromatic rings. The second-order valence-electron chi connectivity index (χ2n) is 2.70. The molecule has 0 aliphatic heterocycles. The zero-order valence-corrected chi connectivity index (χ0v) is 7.36. The van der Waals surface area contributed by atoms with Crippen molar-refractivity contribution in [2.45, 2.75) is 13.2 Å². The van der Waals surface area contributed by atoms with Gasteiger partial charge in [0.25, 0.3) is 0 Å². The van der Waals surface area contributed by atoms with E-state index in [1.807, 2.05) is 0 Å². The molecule has 4 heteroatoms. The monoisotopic (exact) mass is 180 g/mol. The third-order valence-electron chi connectivity index (χ3n) is 1.56. The molecule has 0 aliphatic carbocycles. The standard InChI is InChI=1S/C9H12N2O2/c1-6(12)13-9(11)7-2-4-8(10)5-3-7/h2-5,9H,10-11H2,1H3. The summed E-state index contributed by atoms with van der Waals surface area (Å²) in [5.74, 6) is -0.399. The van der Waals surface area contributed by atoms with E-state index >= 15 is 0 Å². The molecule has 1 aromatic carbocycles. The predicted octanol–water partition coefficient (Wildman–Crippen LogP) is 0.789. The van der Waals surface area contributed by atoms with Crippen LogP contribution < -0.4 is 11.5 Å². The molecule has 0 aliphatic rings. The van der Waals surface area contributed by atoms with Gasteiger partial charge in [-0.15, -0.1) is 0 Å². The van der Waals surface area contributed by atoms with E-state index in [0.717, 1.165) is 5.56 Å². The van der Waals surface area contributed by atoms with Crippen LogP contribution in [0.25, 0.3) is 0 Å².